The molecule has 1 atom stereocenters. The van der Waals surface area contributed by atoms with Gasteiger partial charge in [0.1, 0.15) is 11.6 Å². The fourth-order valence-electron chi connectivity index (χ4n) is 2.59. The molecule has 0 amide bonds. The normalized spacial score (nSPS) is 18.3. The maximum atomic E-state index is 13.6. The van der Waals surface area contributed by atoms with Crippen LogP contribution in [0.5, 0.6) is 0 Å². The molecular weight excluding hydrogens is 276 g/mol. The smallest absolute Gasteiger partial charge is 0.226 e. The summed E-state index contributed by atoms with van der Waals surface area (Å²) in [6.07, 6.45) is 3.15. The van der Waals surface area contributed by atoms with Crippen LogP contribution in [0.25, 0.3) is 0 Å². The molecule has 1 aromatic carbocycles. The molecule has 1 aliphatic heterocycles. The predicted octanol–water partition coefficient (Wildman–Crippen LogP) is 2.48. The molecule has 2 aromatic rings. The summed E-state index contributed by atoms with van der Waals surface area (Å²) >= 11 is 0. The third kappa shape index (κ3) is 3.64. The Hall–Kier alpha value is -1.82. The first kappa shape index (κ1) is 14.1. The van der Waals surface area contributed by atoms with E-state index >= 15 is 0 Å². The summed E-state index contributed by atoms with van der Waals surface area (Å²) in [5.74, 6) is 0.503. The average molecular weight is 293 g/mol. The number of nitrogens with zero attached hydrogens (tertiary/aromatic N) is 2. The van der Waals surface area contributed by atoms with Crippen LogP contribution in [0.4, 0.5) is 8.78 Å². The third-order valence-corrected chi connectivity index (χ3v) is 3.80. The molecule has 1 aliphatic rings. The molecular formula is C15H17F2N3O. The number of aryl methyl sites for hydroxylation is 1. The molecule has 0 bridgehead atoms. The van der Waals surface area contributed by atoms with E-state index in [2.05, 4.69) is 15.5 Å². The van der Waals surface area contributed by atoms with E-state index in [-0.39, 0.29) is 6.42 Å². The Balaban J connectivity index is 1.59. The van der Waals surface area contributed by atoms with Gasteiger partial charge in [0.15, 0.2) is 5.82 Å². The van der Waals surface area contributed by atoms with Crippen LogP contribution in [-0.2, 0) is 12.8 Å². The van der Waals surface area contributed by atoms with Crippen LogP contribution in [-0.4, -0.2) is 23.2 Å². The van der Waals surface area contributed by atoms with Crippen molar-refractivity contribution >= 4 is 0 Å². The summed E-state index contributed by atoms with van der Waals surface area (Å²) in [5.41, 5.74) is 0.365. The highest BCUT2D eigenvalue weighted by atomic mass is 19.1. The zero-order chi connectivity index (χ0) is 14.7. The Labute approximate surface area is 121 Å². The maximum absolute atomic E-state index is 13.6. The average Bonchev–Trinajstić information content (AvgIpc) is 3.11. The first-order chi connectivity index (χ1) is 10.2. The fraction of sp³-hybridized carbons (Fsp3) is 0.467. The van der Waals surface area contributed by atoms with Crippen molar-refractivity contribution < 1.29 is 13.3 Å². The van der Waals surface area contributed by atoms with Crippen LogP contribution in [0.1, 0.15) is 30.1 Å². The minimum Gasteiger partial charge on any atom is -0.339 e. The molecule has 0 saturated carbocycles. The van der Waals surface area contributed by atoms with Gasteiger partial charge in [-0.3, -0.25) is 0 Å². The van der Waals surface area contributed by atoms with Crippen molar-refractivity contribution in [3.05, 3.63) is 47.1 Å². The predicted molar refractivity (Wildman–Crippen MR) is 72.8 cm³/mol. The first-order valence-corrected chi connectivity index (χ1v) is 7.17. The molecule has 0 radical (unpaired) electrons. The van der Waals surface area contributed by atoms with Crippen LogP contribution in [0.15, 0.2) is 22.7 Å². The Bertz CT molecular complexity index is 609. The molecule has 1 N–H and O–H groups in total. The Kier molecular flexibility index (Phi) is 4.24. The lowest BCUT2D eigenvalue weighted by atomic mass is 10.0. The number of rotatable bonds is 5. The van der Waals surface area contributed by atoms with Gasteiger partial charge in [-0.15, -0.1) is 0 Å². The highest BCUT2D eigenvalue weighted by Crippen LogP contribution is 2.16. The van der Waals surface area contributed by atoms with E-state index in [0.717, 1.165) is 32.0 Å². The van der Waals surface area contributed by atoms with E-state index in [1.165, 1.54) is 18.6 Å². The van der Waals surface area contributed by atoms with Gasteiger partial charge in [0, 0.05) is 18.9 Å². The summed E-state index contributed by atoms with van der Waals surface area (Å²) in [7, 11) is 0. The van der Waals surface area contributed by atoms with Crippen LogP contribution in [0.2, 0.25) is 0 Å². The summed E-state index contributed by atoms with van der Waals surface area (Å²) in [6, 6.07) is 3.50. The van der Waals surface area contributed by atoms with Crippen molar-refractivity contribution in [3.8, 4) is 0 Å². The van der Waals surface area contributed by atoms with Gasteiger partial charge in [0.25, 0.3) is 0 Å². The Morgan fingerprint density at radius 1 is 1.33 bits per heavy atom. The molecule has 3 rings (SSSR count). The van der Waals surface area contributed by atoms with Crippen LogP contribution in [0, 0.1) is 17.6 Å². The van der Waals surface area contributed by atoms with Gasteiger partial charge in [-0.05, 0) is 43.5 Å². The highest BCUT2D eigenvalue weighted by Gasteiger charge is 2.16. The number of aromatic nitrogens is 2. The molecule has 6 heteroatoms. The van der Waals surface area contributed by atoms with Crippen molar-refractivity contribution in [2.75, 3.05) is 13.1 Å². The Morgan fingerprint density at radius 3 is 3.00 bits per heavy atom. The second-order valence-corrected chi connectivity index (χ2v) is 5.41. The van der Waals surface area contributed by atoms with E-state index in [1.54, 1.807) is 0 Å². The fourth-order valence-corrected chi connectivity index (χ4v) is 2.59. The molecule has 1 saturated heterocycles. The molecule has 2 heterocycles. The lowest BCUT2D eigenvalue weighted by Crippen LogP contribution is -2.09. The van der Waals surface area contributed by atoms with E-state index in [9.17, 15) is 8.78 Å². The standard InChI is InChI=1S/C15H17F2N3O/c16-12-3-2-11(13(17)8-12)7-14-19-15(21-20-14)4-1-10-5-6-18-9-10/h2-3,8,10,18H,1,4-7,9H2. The summed E-state index contributed by atoms with van der Waals surface area (Å²) in [4.78, 5) is 4.27. The molecule has 1 aromatic heterocycles. The van der Waals surface area contributed by atoms with E-state index in [4.69, 9.17) is 4.52 Å². The first-order valence-electron chi connectivity index (χ1n) is 7.17. The van der Waals surface area contributed by atoms with Gasteiger partial charge >= 0.3 is 0 Å². The van der Waals surface area contributed by atoms with Crippen molar-refractivity contribution in [1.82, 2.24) is 15.5 Å². The zero-order valence-electron chi connectivity index (χ0n) is 11.6. The second kappa shape index (κ2) is 6.30. The van der Waals surface area contributed by atoms with Gasteiger partial charge in [0.05, 0.1) is 0 Å². The van der Waals surface area contributed by atoms with E-state index in [1.807, 2.05) is 0 Å². The topological polar surface area (TPSA) is 51.0 Å². The van der Waals surface area contributed by atoms with Crippen LogP contribution in [0.3, 0.4) is 0 Å². The van der Waals surface area contributed by atoms with E-state index < -0.39 is 11.6 Å². The molecule has 0 spiro atoms. The second-order valence-electron chi connectivity index (χ2n) is 5.41. The van der Waals surface area contributed by atoms with E-state index in [0.29, 0.717) is 23.2 Å². The lowest BCUT2D eigenvalue weighted by Gasteiger charge is -2.03. The largest absolute Gasteiger partial charge is 0.339 e. The highest BCUT2D eigenvalue weighted by molar-refractivity contribution is 5.21. The van der Waals surface area contributed by atoms with Gasteiger partial charge in [0.2, 0.25) is 5.89 Å². The molecule has 0 aliphatic carbocycles. The number of hydrogen-bond donors (Lipinski definition) is 1. The SMILES string of the molecule is Fc1ccc(Cc2noc(CCC3CCNC3)n2)c(F)c1. The monoisotopic (exact) mass is 293 g/mol. The van der Waals surface area contributed by atoms with Gasteiger partial charge in [-0.2, -0.15) is 4.98 Å². The lowest BCUT2D eigenvalue weighted by molar-refractivity contribution is 0.361. The summed E-state index contributed by atoms with van der Waals surface area (Å²) < 4.78 is 31.6. The van der Waals surface area contributed by atoms with Gasteiger partial charge in [-0.1, -0.05) is 11.2 Å². The summed E-state index contributed by atoms with van der Waals surface area (Å²) in [6.45, 7) is 2.12. The van der Waals surface area contributed by atoms with Crippen molar-refractivity contribution in [3.63, 3.8) is 0 Å². The van der Waals surface area contributed by atoms with Crippen LogP contribution < -0.4 is 5.32 Å². The number of hydrogen-bond acceptors (Lipinski definition) is 4. The number of halogens is 2. The number of benzene rings is 1. The number of nitrogens with one attached hydrogen (secondary N) is 1. The minimum atomic E-state index is -0.588. The maximum Gasteiger partial charge on any atom is 0.226 e. The van der Waals surface area contributed by atoms with Gasteiger partial charge < -0.3 is 9.84 Å². The minimum absolute atomic E-state index is 0.209. The van der Waals surface area contributed by atoms with Crippen molar-refractivity contribution in [2.45, 2.75) is 25.7 Å². The Morgan fingerprint density at radius 2 is 2.24 bits per heavy atom. The molecule has 1 fully saturated rings. The molecule has 112 valence electrons. The molecule has 4 nitrogen and oxygen atoms in total. The van der Waals surface area contributed by atoms with Gasteiger partial charge in [-0.25, -0.2) is 8.78 Å². The zero-order valence-corrected chi connectivity index (χ0v) is 11.6. The van der Waals surface area contributed by atoms with Crippen LogP contribution >= 0.6 is 0 Å². The third-order valence-electron chi connectivity index (χ3n) is 3.80. The van der Waals surface area contributed by atoms with Crippen molar-refractivity contribution in [2.24, 2.45) is 5.92 Å². The summed E-state index contributed by atoms with van der Waals surface area (Å²) in [5, 5.41) is 7.18. The molecule has 1 unspecified atom stereocenters. The van der Waals surface area contributed by atoms with Crippen molar-refractivity contribution in [1.29, 1.82) is 0 Å². The molecule has 21 heavy (non-hydrogen) atoms. The quantitative estimate of drug-likeness (QED) is 0.920.